The molecule has 21 heavy (non-hydrogen) atoms. The van der Waals surface area contributed by atoms with Crippen molar-refractivity contribution < 1.29 is 9.84 Å². The highest BCUT2D eigenvalue weighted by Gasteiger charge is 2.20. The van der Waals surface area contributed by atoms with Crippen LogP contribution in [0.3, 0.4) is 0 Å². The summed E-state index contributed by atoms with van der Waals surface area (Å²) < 4.78 is 5.94. The number of likely N-dealkylation sites (N-methyl/N-ethyl adjacent to an activating group) is 1. The Morgan fingerprint density at radius 2 is 1.71 bits per heavy atom. The molecule has 0 aromatic heterocycles. The lowest BCUT2D eigenvalue weighted by molar-refractivity contribution is 0.151. The van der Waals surface area contributed by atoms with Gasteiger partial charge < -0.3 is 15.2 Å². The summed E-state index contributed by atoms with van der Waals surface area (Å²) in [4.78, 5) is 0. The molecule has 0 bridgehead atoms. The number of aliphatic hydroxyl groups is 1. The van der Waals surface area contributed by atoms with Gasteiger partial charge in [0.2, 0.25) is 0 Å². The number of rotatable bonds is 7. The molecule has 0 heterocycles. The Kier molecular flexibility index (Phi) is 5.37. The zero-order valence-corrected chi connectivity index (χ0v) is 12.7. The maximum atomic E-state index is 9.40. The summed E-state index contributed by atoms with van der Waals surface area (Å²) >= 11 is 0. The molecule has 112 valence electrons. The van der Waals surface area contributed by atoms with Gasteiger partial charge in [-0.15, -0.1) is 0 Å². The molecule has 1 unspecified atom stereocenters. The van der Waals surface area contributed by atoms with Crippen molar-refractivity contribution in [1.29, 1.82) is 0 Å². The first-order chi connectivity index (χ1) is 10.2. The summed E-state index contributed by atoms with van der Waals surface area (Å²) in [7, 11) is 1.86. The van der Waals surface area contributed by atoms with Gasteiger partial charge in [0.05, 0.1) is 13.2 Å². The van der Waals surface area contributed by atoms with E-state index in [0.717, 1.165) is 23.3 Å². The van der Waals surface area contributed by atoms with Gasteiger partial charge in [-0.3, -0.25) is 0 Å². The first kappa shape index (κ1) is 15.5. The molecule has 0 aliphatic heterocycles. The zero-order valence-electron chi connectivity index (χ0n) is 12.7. The molecule has 0 radical (unpaired) electrons. The van der Waals surface area contributed by atoms with Crippen LogP contribution in [0.2, 0.25) is 0 Å². The third-order valence-electron chi connectivity index (χ3n) is 3.84. The second-order valence-electron chi connectivity index (χ2n) is 5.43. The predicted octanol–water partition coefficient (Wildman–Crippen LogP) is 3.09. The van der Waals surface area contributed by atoms with Gasteiger partial charge in [0, 0.05) is 17.5 Å². The monoisotopic (exact) mass is 285 g/mol. The van der Waals surface area contributed by atoms with E-state index in [1.807, 2.05) is 50.4 Å². The summed E-state index contributed by atoms with van der Waals surface area (Å²) in [5.41, 5.74) is 1.93. The molecule has 0 amide bonds. The Hall–Kier alpha value is -1.84. The topological polar surface area (TPSA) is 41.5 Å². The van der Waals surface area contributed by atoms with E-state index in [-0.39, 0.29) is 12.1 Å². The minimum atomic E-state index is -0.304. The summed E-state index contributed by atoms with van der Waals surface area (Å²) in [6, 6.07) is 18.2. The van der Waals surface area contributed by atoms with E-state index in [9.17, 15) is 5.11 Å². The third-order valence-corrected chi connectivity index (χ3v) is 3.84. The van der Waals surface area contributed by atoms with Crippen LogP contribution in [0, 0.1) is 0 Å². The van der Waals surface area contributed by atoms with Gasteiger partial charge in [0.15, 0.2) is 0 Å². The van der Waals surface area contributed by atoms with Crippen LogP contribution in [-0.4, -0.2) is 30.9 Å². The molecule has 1 atom stereocenters. The smallest absolute Gasteiger partial charge is 0.127 e. The lowest BCUT2D eigenvalue weighted by Gasteiger charge is -2.26. The molecule has 2 N–H and O–H groups in total. The van der Waals surface area contributed by atoms with Gasteiger partial charge in [0.25, 0.3) is 0 Å². The van der Waals surface area contributed by atoms with Crippen LogP contribution < -0.4 is 10.1 Å². The van der Waals surface area contributed by atoms with Crippen molar-refractivity contribution in [1.82, 2.24) is 5.32 Å². The number of hydrogen-bond acceptors (Lipinski definition) is 3. The molecule has 2 rings (SSSR count). The Morgan fingerprint density at radius 3 is 2.38 bits per heavy atom. The van der Waals surface area contributed by atoms with Crippen LogP contribution in [0.1, 0.15) is 13.3 Å². The lowest BCUT2D eigenvalue weighted by Crippen LogP contribution is -2.44. The minimum absolute atomic E-state index is 0.0905. The van der Waals surface area contributed by atoms with Crippen molar-refractivity contribution in [3.63, 3.8) is 0 Å². The summed E-state index contributed by atoms with van der Waals surface area (Å²) in [5.74, 6) is 0.875. The molecule has 2 aromatic rings. The molecular weight excluding hydrogens is 262 g/mol. The molecule has 0 saturated heterocycles. The highest BCUT2D eigenvalue weighted by molar-refractivity contribution is 5.70. The number of para-hydroxylation sites is 1. The first-order valence-corrected chi connectivity index (χ1v) is 7.25. The number of ether oxygens (including phenoxy) is 1. The Labute approximate surface area is 126 Å². The van der Waals surface area contributed by atoms with E-state index in [1.165, 1.54) is 0 Å². The third kappa shape index (κ3) is 4.06. The minimum Gasteiger partial charge on any atom is -0.493 e. The van der Waals surface area contributed by atoms with Crippen LogP contribution in [-0.2, 0) is 0 Å². The molecule has 3 heteroatoms. The van der Waals surface area contributed by atoms with E-state index < -0.39 is 0 Å². The number of aliphatic hydroxyl groups excluding tert-OH is 1. The molecule has 0 aliphatic carbocycles. The Balaban J connectivity index is 2.08. The fraction of sp³-hybridized carbons (Fsp3) is 0.333. The van der Waals surface area contributed by atoms with Crippen LogP contribution in [0.5, 0.6) is 5.75 Å². The van der Waals surface area contributed by atoms with Crippen LogP contribution in [0.4, 0.5) is 0 Å². The molecule has 0 saturated carbocycles. The van der Waals surface area contributed by atoms with Crippen LogP contribution in [0.15, 0.2) is 54.6 Å². The summed E-state index contributed by atoms with van der Waals surface area (Å²) in [6.45, 7) is 2.63. The standard InChI is InChI=1S/C18H23NO2/c1-18(14-20,19-2)12-13-21-17-11-7-6-10-16(17)15-8-4-3-5-9-15/h3-11,19-20H,12-14H2,1-2H3. The maximum Gasteiger partial charge on any atom is 0.127 e. The predicted molar refractivity (Wildman–Crippen MR) is 86.5 cm³/mol. The van der Waals surface area contributed by atoms with E-state index >= 15 is 0 Å². The van der Waals surface area contributed by atoms with Crippen molar-refractivity contribution in [2.24, 2.45) is 0 Å². The average Bonchev–Trinajstić information content (AvgIpc) is 2.56. The van der Waals surface area contributed by atoms with Gasteiger partial charge in [0.1, 0.15) is 5.75 Å². The van der Waals surface area contributed by atoms with Crippen LogP contribution >= 0.6 is 0 Å². The largest absolute Gasteiger partial charge is 0.493 e. The highest BCUT2D eigenvalue weighted by Crippen LogP contribution is 2.29. The van der Waals surface area contributed by atoms with Crippen molar-refractivity contribution >= 4 is 0 Å². The van der Waals surface area contributed by atoms with E-state index in [4.69, 9.17) is 4.74 Å². The average molecular weight is 285 g/mol. The van der Waals surface area contributed by atoms with Gasteiger partial charge in [-0.1, -0.05) is 48.5 Å². The van der Waals surface area contributed by atoms with E-state index in [1.54, 1.807) is 0 Å². The van der Waals surface area contributed by atoms with Gasteiger partial charge in [-0.25, -0.2) is 0 Å². The van der Waals surface area contributed by atoms with Gasteiger partial charge >= 0.3 is 0 Å². The second kappa shape index (κ2) is 7.25. The Bertz CT molecular complexity index is 550. The maximum absolute atomic E-state index is 9.40. The molecule has 0 aliphatic rings. The van der Waals surface area contributed by atoms with Crippen molar-refractivity contribution in [2.45, 2.75) is 18.9 Å². The van der Waals surface area contributed by atoms with Gasteiger partial charge in [-0.2, -0.15) is 0 Å². The molecule has 0 spiro atoms. The highest BCUT2D eigenvalue weighted by atomic mass is 16.5. The number of hydrogen-bond donors (Lipinski definition) is 2. The fourth-order valence-electron chi connectivity index (χ4n) is 2.12. The lowest BCUT2D eigenvalue weighted by atomic mass is 10.00. The zero-order chi connectivity index (χ0) is 15.1. The number of benzene rings is 2. The SMILES string of the molecule is CNC(C)(CO)CCOc1ccccc1-c1ccccc1. The van der Waals surface area contributed by atoms with E-state index in [2.05, 4.69) is 23.5 Å². The number of nitrogens with one attached hydrogen (secondary N) is 1. The fourth-order valence-corrected chi connectivity index (χ4v) is 2.12. The van der Waals surface area contributed by atoms with Crippen molar-refractivity contribution in [3.05, 3.63) is 54.6 Å². The summed E-state index contributed by atoms with van der Waals surface area (Å²) in [5, 5.41) is 12.5. The van der Waals surface area contributed by atoms with E-state index in [0.29, 0.717) is 6.61 Å². The van der Waals surface area contributed by atoms with Crippen molar-refractivity contribution in [2.75, 3.05) is 20.3 Å². The van der Waals surface area contributed by atoms with Crippen molar-refractivity contribution in [3.8, 4) is 16.9 Å². The molecule has 0 fully saturated rings. The summed E-state index contributed by atoms with van der Waals surface area (Å²) in [6.07, 6.45) is 0.739. The second-order valence-corrected chi connectivity index (χ2v) is 5.43. The molecular formula is C18H23NO2. The normalized spacial score (nSPS) is 13.7. The molecule has 2 aromatic carbocycles. The van der Waals surface area contributed by atoms with Gasteiger partial charge in [-0.05, 0) is 25.6 Å². The van der Waals surface area contributed by atoms with Crippen LogP contribution in [0.25, 0.3) is 11.1 Å². The first-order valence-electron chi connectivity index (χ1n) is 7.25. The molecule has 3 nitrogen and oxygen atoms in total. The quantitative estimate of drug-likeness (QED) is 0.821. The Morgan fingerprint density at radius 1 is 1.05 bits per heavy atom.